The van der Waals surface area contributed by atoms with Crippen LogP contribution in [0.3, 0.4) is 0 Å². The predicted octanol–water partition coefficient (Wildman–Crippen LogP) is 4.62. The van der Waals surface area contributed by atoms with Crippen molar-refractivity contribution in [1.82, 2.24) is 0 Å². The number of unbranched alkanes of at least 4 members (excludes halogenated alkanes) is 3. The van der Waals surface area contributed by atoms with Crippen LogP contribution < -0.4 is 0 Å². The van der Waals surface area contributed by atoms with E-state index < -0.39 is 5.97 Å². The number of quaternary nitrogens is 1. The number of aliphatic hydroxyl groups is 1. The lowest BCUT2D eigenvalue weighted by Gasteiger charge is -2.42. The zero-order valence-electron chi connectivity index (χ0n) is 17.0. The molecular formula is C21H42NO3+. The predicted molar refractivity (Wildman–Crippen MR) is 106 cm³/mol. The number of carbonyl (C=O) groups is 1. The van der Waals surface area contributed by atoms with Gasteiger partial charge in [-0.1, -0.05) is 45.8 Å². The number of hydrogen-bond donors (Lipinski definition) is 2. The molecule has 2 atom stereocenters. The molecule has 0 aromatic carbocycles. The smallest absolute Gasteiger partial charge is 0.312 e. The highest BCUT2D eigenvalue weighted by Gasteiger charge is 2.34. The van der Waals surface area contributed by atoms with Crippen molar-refractivity contribution in [3.8, 4) is 0 Å². The first kappa shape index (κ1) is 24.1. The average molecular weight is 357 g/mol. The lowest BCUT2D eigenvalue weighted by Crippen LogP contribution is -2.56. The molecule has 25 heavy (non-hydrogen) atoms. The summed E-state index contributed by atoms with van der Waals surface area (Å²) in [6, 6.07) is 0. The summed E-state index contributed by atoms with van der Waals surface area (Å²) in [5, 5.41) is 20.2. The molecule has 0 saturated heterocycles. The van der Waals surface area contributed by atoms with Crippen LogP contribution in [0.2, 0.25) is 0 Å². The molecule has 4 nitrogen and oxygen atoms in total. The van der Waals surface area contributed by atoms with E-state index in [1.807, 2.05) is 19.9 Å². The third-order valence-corrected chi connectivity index (χ3v) is 5.16. The van der Waals surface area contributed by atoms with Crippen LogP contribution in [-0.2, 0) is 4.79 Å². The minimum atomic E-state index is -0.694. The molecule has 0 saturated carbocycles. The quantitative estimate of drug-likeness (QED) is 0.241. The van der Waals surface area contributed by atoms with Gasteiger partial charge in [-0.25, -0.2) is 0 Å². The largest absolute Gasteiger partial charge is 0.481 e. The van der Waals surface area contributed by atoms with E-state index in [4.69, 9.17) is 0 Å². The van der Waals surface area contributed by atoms with E-state index in [9.17, 15) is 15.0 Å². The van der Waals surface area contributed by atoms with Crippen molar-refractivity contribution in [2.24, 2.45) is 5.92 Å². The summed E-state index contributed by atoms with van der Waals surface area (Å²) < 4.78 is 0.761. The number of hydrogen-bond acceptors (Lipinski definition) is 2. The first-order chi connectivity index (χ1) is 11.9. The van der Waals surface area contributed by atoms with E-state index in [0.29, 0.717) is 19.5 Å². The molecule has 0 bridgehead atoms. The third kappa shape index (κ3) is 10.7. The fourth-order valence-corrected chi connectivity index (χ4v) is 3.56. The van der Waals surface area contributed by atoms with Crippen molar-refractivity contribution in [3.05, 3.63) is 12.2 Å². The second kappa shape index (κ2) is 14.3. The van der Waals surface area contributed by atoms with E-state index in [-0.39, 0.29) is 12.0 Å². The number of nitrogens with zero attached hydrogens (tertiary/aromatic N) is 1. The molecule has 0 rings (SSSR count). The Labute approximate surface area is 155 Å². The first-order valence-electron chi connectivity index (χ1n) is 10.3. The number of rotatable bonds is 16. The molecule has 0 aliphatic rings. The summed E-state index contributed by atoms with van der Waals surface area (Å²) in [7, 11) is 0. The average Bonchev–Trinajstić information content (AvgIpc) is 2.59. The second-order valence-corrected chi connectivity index (χ2v) is 7.46. The van der Waals surface area contributed by atoms with Gasteiger partial charge in [0.15, 0.2) is 0 Å². The van der Waals surface area contributed by atoms with Crippen LogP contribution >= 0.6 is 0 Å². The van der Waals surface area contributed by atoms with E-state index in [2.05, 4.69) is 19.9 Å². The maximum absolute atomic E-state index is 11.6. The van der Waals surface area contributed by atoms with E-state index in [0.717, 1.165) is 62.5 Å². The highest BCUT2D eigenvalue weighted by Crippen LogP contribution is 2.21. The summed E-state index contributed by atoms with van der Waals surface area (Å²) >= 11 is 0. The van der Waals surface area contributed by atoms with E-state index in [1.165, 1.54) is 0 Å². The standard InChI is InChI=1S/C21H41NO3/c1-5-9-12-13-14-20(23)18-22(15-10-6-2,16-11-7-3)17-19(8-4)21(24)25/h5,9,19-20,23H,6-8,10-18H2,1-4H3/p+1/b9-5+. The van der Waals surface area contributed by atoms with Crippen LogP contribution in [0.25, 0.3) is 0 Å². The maximum Gasteiger partial charge on any atom is 0.312 e. The van der Waals surface area contributed by atoms with Gasteiger partial charge in [-0.05, 0) is 45.4 Å². The van der Waals surface area contributed by atoms with E-state index >= 15 is 0 Å². The van der Waals surface area contributed by atoms with Crippen molar-refractivity contribution in [1.29, 1.82) is 0 Å². The van der Waals surface area contributed by atoms with Gasteiger partial charge < -0.3 is 14.7 Å². The van der Waals surface area contributed by atoms with Gasteiger partial charge in [0.25, 0.3) is 0 Å². The Hall–Kier alpha value is -0.870. The molecule has 0 aromatic rings. The maximum atomic E-state index is 11.6. The van der Waals surface area contributed by atoms with Gasteiger partial charge in [-0.2, -0.15) is 0 Å². The SMILES string of the molecule is C/C=C/CCCC(O)C[N+](CCCC)(CCCC)CC(CC)C(=O)O. The Morgan fingerprint density at radius 1 is 1.04 bits per heavy atom. The minimum absolute atomic E-state index is 0.316. The van der Waals surface area contributed by atoms with Crippen LogP contribution in [0.5, 0.6) is 0 Å². The van der Waals surface area contributed by atoms with Gasteiger partial charge in [-0.3, -0.25) is 4.79 Å². The lowest BCUT2D eigenvalue weighted by atomic mass is 10.0. The van der Waals surface area contributed by atoms with Gasteiger partial charge in [0.05, 0.1) is 19.6 Å². The topological polar surface area (TPSA) is 57.5 Å². The summed E-state index contributed by atoms with van der Waals surface area (Å²) in [5.41, 5.74) is 0. The van der Waals surface area contributed by atoms with Gasteiger partial charge >= 0.3 is 5.97 Å². The van der Waals surface area contributed by atoms with Crippen LogP contribution in [-0.4, -0.2) is 52.9 Å². The number of carboxylic acids is 1. The lowest BCUT2D eigenvalue weighted by molar-refractivity contribution is -0.933. The number of allylic oxidation sites excluding steroid dienone is 2. The van der Waals surface area contributed by atoms with Crippen LogP contribution in [0.4, 0.5) is 0 Å². The normalized spacial score (nSPS) is 14.8. The second-order valence-electron chi connectivity index (χ2n) is 7.46. The van der Waals surface area contributed by atoms with Crippen molar-refractivity contribution in [3.63, 3.8) is 0 Å². The molecule has 0 fully saturated rings. The molecule has 2 unspecified atom stereocenters. The first-order valence-corrected chi connectivity index (χ1v) is 10.3. The Bertz CT molecular complexity index is 360. The molecule has 4 heteroatoms. The van der Waals surface area contributed by atoms with Crippen molar-refractivity contribution in [2.45, 2.75) is 85.2 Å². The monoisotopic (exact) mass is 356 g/mol. The van der Waals surface area contributed by atoms with E-state index in [1.54, 1.807) is 0 Å². The third-order valence-electron chi connectivity index (χ3n) is 5.16. The Morgan fingerprint density at radius 2 is 1.64 bits per heavy atom. The van der Waals surface area contributed by atoms with Crippen molar-refractivity contribution in [2.75, 3.05) is 26.2 Å². The molecular weight excluding hydrogens is 314 g/mol. The van der Waals surface area contributed by atoms with Crippen molar-refractivity contribution >= 4 is 5.97 Å². The summed E-state index contributed by atoms with van der Waals surface area (Å²) in [5.74, 6) is -1.01. The number of aliphatic carboxylic acids is 1. The number of carboxylic acid groups (broad SMARTS) is 1. The van der Waals surface area contributed by atoms with Gasteiger partial charge in [0, 0.05) is 0 Å². The van der Waals surface area contributed by atoms with Crippen LogP contribution in [0, 0.1) is 5.92 Å². The zero-order valence-corrected chi connectivity index (χ0v) is 17.0. The molecule has 0 heterocycles. The van der Waals surface area contributed by atoms with Crippen LogP contribution in [0.15, 0.2) is 12.2 Å². The summed E-state index contributed by atoms with van der Waals surface area (Å²) in [4.78, 5) is 11.6. The Morgan fingerprint density at radius 3 is 2.08 bits per heavy atom. The minimum Gasteiger partial charge on any atom is -0.481 e. The molecule has 148 valence electrons. The Balaban J connectivity index is 5.10. The molecule has 0 aromatic heterocycles. The Kier molecular flexibility index (Phi) is 13.8. The summed E-state index contributed by atoms with van der Waals surface area (Å²) in [6.45, 7) is 11.6. The van der Waals surface area contributed by atoms with Crippen molar-refractivity contribution < 1.29 is 19.5 Å². The van der Waals surface area contributed by atoms with Gasteiger partial charge in [0.1, 0.15) is 18.6 Å². The fraction of sp³-hybridized carbons (Fsp3) is 0.857. The molecule has 0 radical (unpaired) electrons. The molecule has 0 aliphatic carbocycles. The highest BCUT2D eigenvalue weighted by atomic mass is 16.4. The fourth-order valence-electron chi connectivity index (χ4n) is 3.56. The van der Waals surface area contributed by atoms with Gasteiger partial charge in [0.2, 0.25) is 0 Å². The molecule has 0 amide bonds. The van der Waals surface area contributed by atoms with Crippen LogP contribution in [0.1, 0.15) is 79.1 Å². The zero-order chi connectivity index (χ0) is 19.1. The highest BCUT2D eigenvalue weighted by molar-refractivity contribution is 5.69. The molecule has 0 spiro atoms. The van der Waals surface area contributed by atoms with Gasteiger partial charge in [-0.15, -0.1) is 0 Å². The molecule has 2 N–H and O–H groups in total. The number of aliphatic hydroxyl groups excluding tert-OH is 1. The summed E-state index contributed by atoms with van der Waals surface area (Å²) in [6.07, 6.45) is 11.7. The molecule has 0 aliphatic heterocycles.